The topological polar surface area (TPSA) is 46.5 Å². The molecule has 1 aromatic heterocycles. The Kier molecular flexibility index (Phi) is 4.04. The molecule has 0 fully saturated rings. The second kappa shape index (κ2) is 5.54. The van der Waals surface area contributed by atoms with Crippen molar-refractivity contribution >= 4 is 33.2 Å². The van der Waals surface area contributed by atoms with Crippen LogP contribution in [0.5, 0.6) is 5.75 Å². The van der Waals surface area contributed by atoms with Crippen molar-refractivity contribution in [1.29, 1.82) is 0 Å². The summed E-state index contributed by atoms with van der Waals surface area (Å²) in [5.74, 6) is -0.212. The minimum absolute atomic E-state index is 0.277. The highest BCUT2D eigenvalue weighted by Gasteiger charge is 2.07. The standard InChI is InChI=1S/C13H11BrO3S/c1-8-6-9(13(15)16)2-4-11(8)17-7-10-3-5-12(14)18-10/h2-6H,7H2,1H3,(H,15,16). The number of hydrogen-bond acceptors (Lipinski definition) is 3. The zero-order valence-electron chi connectivity index (χ0n) is 9.64. The summed E-state index contributed by atoms with van der Waals surface area (Å²) < 4.78 is 6.74. The molecule has 3 nitrogen and oxygen atoms in total. The molecule has 0 saturated carbocycles. The first kappa shape index (κ1) is 13.1. The van der Waals surface area contributed by atoms with Crippen LogP contribution in [-0.4, -0.2) is 11.1 Å². The molecule has 0 aliphatic carbocycles. The number of rotatable bonds is 4. The maximum atomic E-state index is 10.8. The quantitative estimate of drug-likeness (QED) is 0.920. The van der Waals surface area contributed by atoms with Gasteiger partial charge in [0, 0.05) is 4.88 Å². The van der Waals surface area contributed by atoms with E-state index in [1.54, 1.807) is 29.5 Å². The van der Waals surface area contributed by atoms with Gasteiger partial charge in [-0.1, -0.05) is 0 Å². The number of hydrogen-bond donors (Lipinski definition) is 1. The second-order valence-electron chi connectivity index (χ2n) is 3.78. The molecule has 0 bridgehead atoms. The van der Waals surface area contributed by atoms with Crippen molar-refractivity contribution in [3.05, 3.63) is 50.1 Å². The largest absolute Gasteiger partial charge is 0.488 e. The van der Waals surface area contributed by atoms with Crippen LogP contribution >= 0.6 is 27.3 Å². The number of ether oxygens (including phenoxy) is 1. The Labute approximate surface area is 117 Å². The van der Waals surface area contributed by atoms with Crippen molar-refractivity contribution in [2.45, 2.75) is 13.5 Å². The fraction of sp³-hybridized carbons (Fsp3) is 0.154. The number of thiophene rings is 1. The summed E-state index contributed by atoms with van der Waals surface area (Å²) in [4.78, 5) is 11.9. The number of carbonyl (C=O) groups is 1. The van der Waals surface area contributed by atoms with Crippen LogP contribution in [0.25, 0.3) is 0 Å². The van der Waals surface area contributed by atoms with Crippen LogP contribution in [0.4, 0.5) is 0 Å². The van der Waals surface area contributed by atoms with Gasteiger partial charge < -0.3 is 9.84 Å². The van der Waals surface area contributed by atoms with Crippen LogP contribution < -0.4 is 4.74 Å². The first-order valence-corrected chi connectivity index (χ1v) is 6.88. The molecular formula is C13H11BrO3S. The highest BCUT2D eigenvalue weighted by atomic mass is 79.9. The predicted molar refractivity (Wildman–Crippen MR) is 74.5 cm³/mol. The van der Waals surface area contributed by atoms with Crippen LogP contribution in [-0.2, 0) is 6.61 Å². The van der Waals surface area contributed by atoms with E-state index < -0.39 is 5.97 Å². The maximum Gasteiger partial charge on any atom is 0.335 e. The van der Waals surface area contributed by atoms with Crippen LogP contribution in [0.15, 0.2) is 34.1 Å². The van der Waals surface area contributed by atoms with Crippen LogP contribution in [0, 0.1) is 6.92 Å². The third kappa shape index (κ3) is 3.11. The molecule has 94 valence electrons. The predicted octanol–water partition coefficient (Wildman–Crippen LogP) is 4.10. The molecule has 5 heteroatoms. The summed E-state index contributed by atoms with van der Waals surface area (Å²) in [5, 5.41) is 8.87. The lowest BCUT2D eigenvalue weighted by atomic mass is 10.1. The minimum atomic E-state index is -0.924. The van der Waals surface area contributed by atoms with E-state index in [0.29, 0.717) is 12.4 Å². The summed E-state index contributed by atoms with van der Waals surface area (Å²) in [6, 6.07) is 8.83. The van der Waals surface area contributed by atoms with Crippen molar-refractivity contribution in [1.82, 2.24) is 0 Å². The Morgan fingerprint density at radius 3 is 2.72 bits per heavy atom. The average Bonchev–Trinajstić information content (AvgIpc) is 2.73. The molecule has 1 heterocycles. The Balaban J connectivity index is 2.08. The van der Waals surface area contributed by atoms with Crippen LogP contribution in [0.1, 0.15) is 20.8 Å². The summed E-state index contributed by atoms with van der Waals surface area (Å²) in [5.41, 5.74) is 1.10. The van der Waals surface area contributed by atoms with Crippen molar-refractivity contribution in [2.75, 3.05) is 0 Å². The van der Waals surface area contributed by atoms with Gasteiger partial charge in [-0.25, -0.2) is 4.79 Å². The van der Waals surface area contributed by atoms with Gasteiger partial charge in [0.2, 0.25) is 0 Å². The average molecular weight is 327 g/mol. The van der Waals surface area contributed by atoms with E-state index in [9.17, 15) is 4.79 Å². The number of carboxylic acid groups (broad SMARTS) is 1. The van der Waals surface area contributed by atoms with E-state index in [1.807, 2.05) is 19.1 Å². The van der Waals surface area contributed by atoms with Gasteiger partial charge in [0.1, 0.15) is 12.4 Å². The number of aryl methyl sites for hydroxylation is 1. The summed E-state index contributed by atoms with van der Waals surface area (Å²) in [7, 11) is 0. The number of aromatic carboxylic acids is 1. The molecule has 18 heavy (non-hydrogen) atoms. The first-order chi connectivity index (χ1) is 8.56. The summed E-state index contributed by atoms with van der Waals surface area (Å²) >= 11 is 5.01. The number of benzene rings is 1. The monoisotopic (exact) mass is 326 g/mol. The van der Waals surface area contributed by atoms with E-state index in [4.69, 9.17) is 9.84 Å². The fourth-order valence-corrected chi connectivity index (χ4v) is 2.92. The molecule has 0 aliphatic heterocycles. The maximum absolute atomic E-state index is 10.8. The lowest BCUT2D eigenvalue weighted by Gasteiger charge is -2.08. The molecule has 0 saturated heterocycles. The van der Waals surface area contributed by atoms with Crippen molar-refractivity contribution < 1.29 is 14.6 Å². The van der Waals surface area contributed by atoms with Crippen molar-refractivity contribution in [2.24, 2.45) is 0 Å². The van der Waals surface area contributed by atoms with Gasteiger partial charge in [-0.2, -0.15) is 0 Å². The summed E-state index contributed by atoms with van der Waals surface area (Å²) in [6.07, 6.45) is 0. The first-order valence-electron chi connectivity index (χ1n) is 5.27. The molecule has 0 radical (unpaired) electrons. The van der Waals surface area contributed by atoms with Gasteiger partial charge in [-0.05, 0) is 58.7 Å². The van der Waals surface area contributed by atoms with Gasteiger partial charge in [0.05, 0.1) is 9.35 Å². The Morgan fingerprint density at radius 1 is 1.39 bits per heavy atom. The normalized spacial score (nSPS) is 10.3. The Morgan fingerprint density at radius 2 is 2.17 bits per heavy atom. The molecule has 2 rings (SSSR count). The number of carboxylic acids is 1. The molecule has 0 atom stereocenters. The van der Waals surface area contributed by atoms with Gasteiger partial charge in [0.15, 0.2) is 0 Å². The van der Waals surface area contributed by atoms with Gasteiger partial charge in [0.25, 0.3) is 0 Å². The molecule has 0 unspecified atom stereocenters. The van der Waals surface area contributed by atoms with E-state index in [0.717, 1.165) is 14.2 Å². The third-order valence-corrected chi connectivity index (χ3v) is 4.02. The molecule has 0 amide bonds. The van der Waals surface area contributed by atoms with Crippen LogP contribution in [0.2, 0.25) is 0 Å². The Hall–Kier alpha value is -1.33. The van der Waals surface area contributed by atoms with Crippen molar-refractivity contribution in [3.8, 4) is 5.75 Å². The van der Waals surface area contributed by atoms with Crippen LogP contribution in [0.3, 0.4) is 0 Å². The van der Waals surface area contributed by atoms with Gasteiger partial charge in [-0.15, -0.1) is 11.3 Å². The lowest BCUT2D eigenvalue weighted by molar-refractivity contribution is 0.0696. The highest BCUT2D eigenvalue weighted by molar-refractivity contribution is 9.11. The van der Waals surface area contributed by atoms with E-state index in [-0.39, 0.29) is 5.56 Å². The smallest absolute Gasteiger partial charge is 0.335 e. The molecular weight excluding hydrogens is 316 g/mol. The zero-order valence-corrected chi connectivity index (χ0v) is 12.0. The lowest BCUT2D eigenvalue weighted by Crippen LogP contribution is -1.99. The number of halogens is 1. The minimum Gasteiger partial charge on any atom is -0.488 e. The third-order valence-electron chi connectivity index (χ3n) is 2.42. The molecule has 0 spiro atoms. The van der Waals surface area contributed by atoms with E-state index in [1.165, 1.54) is 0 Å². The SMILES string of the molecule is Cc1cc(C(=O)O)ccc1OCc1ccc(Br)s1. The molecule has 1 N–H and O–H groups in total. The molecule has 2 aromatic rings. The Bertz CT molecular complexity index is 577. The van der Waals surface area contributed by atoms with Gasteiger partial charge >= 0.3 is 5.97 Å². The molecule has 1 aromatic carbocycles. The highest BCUT2D eigenvalue weighted by Crippen LogP contribution is 2.25. The molecule has 0 aliphatic rings. The second-order valence-corrected chi connectivity index (χ2v) is 6.33. The fourth-order valence-electron chi connectivity index (χ4n) is 1.52. The zero-order chi connectivity index (χ0) is 13.1. The van der Waals surface area contributed by atoms with Gasteiger partial charge in [-0.3, -0.25) is 0 Å². The van der Waals surface area contributed by atoms with E-state index in [2.05, 4.69) is 15.9 Å². The van der Waals surface area contributed by atoms with E-state index >= 15 is 0 Å². The summed E-state index contributed by atoms with van der Waals surface area (Å²) in [6.45, 7) is 2.33. The van der Waals surface area contributed by atoms with Crippen molar-refractivity contribution in [3.63, 3.8) is 0 Å².